The summed E-state index contributed by atoms with van der Waals surface area (Å²) in [6, 6.07) is 6.87. The molecule has 6 heteroatoms. The zero-order chi connectivity index (χ0) is 10.8. The Bertz CT molecular complexity index is 540. The summed E-state index contributed by atoms with van der Waals surface area (Å²) < 4.78 is 1.43. The number of nitriles is 1. The van der Waals surface area contributed by atoms with E-state index in [9.17, 15) is 0 Å². The highest BCUT2D eigenvalue weighted by Gasteiger charge is 2.05. The summed E-state index contributed by atoms with van der Waals surface area (Å²) >= 11 is 5.96. The first-order chi connectivity index (χ1) is 7.20. The van der Waals surface area contributed by atoms with Gasteiger partial charge in [0.05, 0.1) is 10.7 Å². The summed E-state index contributed by atoms with van der Waals surface area (Å²) in [5, 5.41) is 12.9. The fourth-order valence-electron chi connectivity index (χ4n) is 1.14. The van der Waals surface area contributed by atoms with E-state index in [1.54, 1.807) is 18.2 Å². The van der Waals surface area contributed by atoms with Gasteiger partial charge in [-0.15, -0.1) is 5.10 Å². The van der Waals surface area contributed by atoms with Crippen LogP contribution in [0, 0.1) is 11.3 Å². The lowest BCUT2D eigenvalue weighted by molar-refractivity contribution is 0.873. The minimum Gasteiger partial charge on any atom is -0.399 e. The van der Waals surface area contributed by atoms with Crippen LogP contribution in [0.5, 0.6) is 0 Å². The van der Waals surface area contributed by atoms with Crippen molar-refractivity contribution in [1.29, 1.82) is 5.26 Å². The van der Waals surface area contributed by atoms with Crippen LogP contribution in [0.2, 0.25) is 5.02 Å². The second-order valence-corrected chi connectivity index (χ2v) is 3.24. The van der Waals surface area contributed by atoms with Crippen LogP contribution in [0.15, 0.2) is 24.5 Å². The van der Waals surface area contributed by atoms with Gasteiger partial charge in [-0.25, -0.2) is 9.67 Å². The Labute approximate surface area is 90.7 Å². The van der Waals surface area contributed by atoms with Gasteiger partial charge in [0.25, 0.3) is 5.82 Å². The molecular weight excluding hydrogens is 214 g/mol. The maximum Gasteiger partial charge on any atom is 0.252 e. The Hall–Kier alpha value is -2.06. The van der Waals surface area contributed by atoms with Gasteiger partial charge in [-0.2, -0.15) is 5.26 Å². The topological polar surface area (TPSA) is 80.5 Å². The molecule has 2 aromatic rings. The molecule has 0 fully saturated rings. The number of nitrogen functional groups attached to an aromatic ring is 1. The van der Waals surface area contributed by atoms with E-state index in [1.807, 2.05) is 6.07 Å². The quantitative estimate of drug-likeness (QED) is 0.735. The predicted octanol–water partition coefficient (Wildman–Crippen LogP) is 1.37. The van der Waals surface area contributed by atoms with Crippen LogP contribution in [0.4, 0.5) is 5.69 Å². The number of benzene rings is 1. The third-order valence-corrected chi connectivity index (χ3v) is 2.11. The molecule has 1 aromatic heterocycles. The van der Waals surface area contributed by atoms with Gasteiger partial charge in [0.15, 0.2) is 0 Å². The smallest absolute Gasteiger partial charge is 0.252 e. The number of nitrogens with zero attached hydrogens (tertiary/aromatic N) is 4. The minimum absolute atomic E-state index is 0.0999. The largest absolute Gasteiger partial charge is 0.399 e. The van der Waals surface area contributed by atoms with Crippen molar-refractivity contribution in [2.24, 2.45) is 0 Å². The minimum atomic E-state index is 0.0999. The molecule has 1 aromatic carbocycles. The summed E-state index contributed by atoms with van der Waals surface area (Å²) in [5.74, 6) is 0.0999. The Morgan fingerprint density at radius 2 is 2.27 bits per heavy atom. The number of anilines is 1. The second kappa shape index (κ2) is 3.59. The van der Waals surface area contributed by atoms with Gasteiger partial charge in [0.2, 0.25) is 0 Å². The lowest BCUT2D eigenvalue weighted by Crippen LogP contribution is -1.97. The lowest BCUT2D eigenvalue weighted by Gasteiger charge is -2.03. The molecule has 1 heterocycles. The van der Waals surface area contributed by atoms with Crippen LogP contribution >= 0.6 is 11.6 Å². The normalized spacial score (nSPS) is 9.87. The average molecular weight is 220 g/mol. The fourth-order valence-corrected chi connectivity index (χ4v) is 1.41. The van der Waals surface area contributed by atoms with E-state index < -0.39 is 0 Å². The maximum absolute atomic E-state index is 8.57. The van der Waals surface area contributed by atoms with E-state index in [-0.39, 0.29) is 5.82 Å². The van der Waals surface area contributed by atoms with Crippen LogP contribution in [0.25, 0.3) is 5.69 Å². The Balaban J connectivity index is 2.50. The van der Waals surface area contributed by atoms with Gasteiger partial charge in [0, 0.05) is 5.69 Å². The molecule has 0 atom stereocenters. The zero-order valence-electron chi connectivity index (χ0n) is 7.55. The Kier molecular flexibility index (Phi) is 2.27. The third kappa shape index (κ3) is 1.75. The molecule has 2 rings (SSSR count). The molecule has 0 aliphatic carbocycles. The molecule has 0 bridgehead atoms. The molecule has 0 aliphatic heterocycles. The van der Waals surface area contributed by atoms with Gasteiger partial charge < -0.3 is 5.73 Å². The first-order valence-electron chi connectivity index (χ1n) is 4.08. The Morgan fingerprint density at radius 1 is 1.47 bits per heavy atom. The van der Waals surface area contributed by atoms with Gasteiger partial charge in [0.1, 0.15) is 12.4 Å². The van der Waals surface area contributed by atoms with Crippen LogP contribution in [-0.2, 0) is 0 Å². The summed E-state index contributed by atoms with van der Waals surface area (Å²) in [7, 11) is 0. The van der Waals surface area contributed by atoms with Crippen molar-refractivity contribution in [3.8, 4) is 11.8 Å². The first-order valence-corrected chi connectivity index (χ1v) is 4.45. The van der Waals surface area contributed by atoms with E-state index in [4.69, 9.17) is 22.6 Å². The third-order valence-electron chi connectivity index (χ3n) is 1.81. The van der Waals surface area contributed by atoms with Crippen LogP contribution in [0.1, 0.15) is 5.82 Å². The number of hydrogen-bond donors (Lipinski definition) is 1. The van der Waals surface area contributed by atoms with Gasteiger partial charge >= 0.3 is 0 Å². The summed E-state index contributed by atoms with van der Waals surface area (Å²) in [4.78, 5) is 3.78. The number of halogens is 1. The van der Waals surface area contributed by atoms with E-state index in [0.29, 0.717) is 16.4 Å². The van der Waals surface area contributed by atoms with Gasteiger partial charge in [-0.3, -0.25) is 0 Å². The molecule has 5 nitrogen and oxygen atoms in total. The highest BCUT2D eigenvalue weighted by Crippen LogP contribution is 2.21. The molecular formula is C9H6ClN5. The van der Waals surface area contributed by atoms with Crippen LogP contribution < -0.4 is 5.73 Å². The van der Waals surface area contributed by atoms with Gasteiger partial charge in [-0.1, -0.05) is 11.6 Å². The van der Waals surface area contributed by atoms with Crippen LogP contribution in [-0.4, -0.2) is 14.8 Å². The molecule has 0 saturated carbocycles. The van der Waals surface area contributed by atoms with Crippen LogP contribution in [0.3, 0.4) is 0 Å². The molecule has 74 valence electrons. The summed E-state index contributed by atoms with van der Waals surface area (Å²) in [5.41, 5.74) is 6.77. The first kappa shape index (κ1) is 9.49. The van der Waals surface area contributed by atoms with E-state index >= 15 is 0 Å². The van der Waals surface area contributed by atoms with Crippen molar-refractivity contribution in [1.82, 2.24) is 14.8 Å². The van der Waals surface area contributed by atoms with Crippen molar-refractivity contribution in [3.05, 3.63) is 35.4 Å². The highest BCUT2D eigenvalue weighted by atomic mass is 35.5. The summed E-state index contributed by atoms with van der Waals surface area (Å²) in [6.07, 6.45) is 1.43. The van der Waals surface area contributed by atoms with Gasteiger partial charge in [-0.05, 0) is 18.2 Å². The number of rotatable bonds is 1. The number of aromatic nitrogens is 3. The molecule has 0 radical (unpaired) electrons. The molecule has 0 spiro atoms. The van der Waals surface area contributed by atoms with Crippen molar-refractivity contribution >= 4 is 17.3 Å². The zero-order valence-corrected chi connectivity index (χ0v) is 8.31. The molecule has 0 unspecified atom stereocenters. The predicted molar refractivity (Wildman–Crippen MR) is 55.5 cm³/mol. The number of nitrogens with two attached hydrogens (primary N) is 1. The highest BCUT2D eigenvalue weighted by molar-refractivity contribution is 6.32. The monoisotopic (exact) mass is 219 g/mol. The van der Waals surface area contributed by atoms with E-state index in [1.165, 1.54) is 11.0 Å². The van der Waals surface area contributed by atoms with Crippen molar-refractivity contribution in [3.63, 3.8) is 0 Å². The number of hydrogen-bond acceptors (Lipinski definition) is 4. The molecule has 0 amide bonds. The summed E-state index contributed by atoms with van der Waals surface area (Å²) in [6.45, 7) is 0. The van der Waals surface area contributed by atoms with E-state index in [2.05, 4.69) is 10.1 Å². The van der Waals surface area contributed by atoms with Crippen molar-refractivity contribution < 1.29 is 0 Å². The fraction of sp³-hybridized carbons (Fsp3) is 0. The molecule has 0 saturated heterocycles. The molecule has 0 aliphatic rings. The van der Waals surface area contributed by atoms with E-state index in [0.717, 1.165) is 0 Å². The second-order valence-electron chi connectivity index (χ2n) is 2.84. The lowest BCUT2D eigenvalue weighted by atomic mass is 10.3. The SMILES string of the molecule is N#Cc1ncn(-c2ccc(N)cc2Cl)n1. The average Bonchev–Trinajstić information content (AvgIpc) is 2.66. The molecule has 15 heavy (non-hydrogen) atoms. The van der Waals surface area contributed by atoms with Crippen molar-refractivity contribution in [2.45, 2.75) is 0 Å². The standard InChI is InChI=1S/C9H6ClN5/c10-7-3-6(12)1-2-8(7)15-5-13-9(4-11)14-15/h1-3,5H,12H2. The maximum atomic E-state index is 8.57. The Morgan fingerprint density at radius 3 is 2.87 bits per heavy atom. The molecule has 2 N–H and O–H groups in total. The van der Waals surface area contributed by atoms with Crippen molar-refractivity contribution in [2.75, 3.05) is 5.73 Å².